The number of halogens is 3. The van der Waals surface area contributed by atoms with E-state index in [1.54, 1.807) is 12.1 Å². The van der Waals surface area contributed by atoms with Gasteiger partial charge in [-0.3, -0.25) is 0 Å². The molecule has 2 nitrogen and oxygen atoms in total. The molecule has 0 atom stereocenters. The van der Waals surface area contributed by atoms with Crippen molar-refractivity contribution in [3.05, 3.63) is 33.5 Å². The van der Waals surface area contributed by atoms with E-state index >= 15 is 0 Å². The van der Waals surface area contributed by atoms with E-state index in [0.29, 0.717) is 20.9 Å². The van der Waals surface area contributed by atoms with Gasteiger partial charge in [0.15, 0.2) is 5.01 Å². The zero-order valence-electron chi connectivity index (χ0n) is 8.79. The Bertz CT molecular complexity index is 518. The van der Waals surface area contributed by atoms with Crippen LogP contribution < -0.4 is 0 Å². The van der Waals surface area contributed by atoms with Crippen LogP contribution in [0.2, 0.25) is 0 Å². The Morgan fingerprint density at radius 3 is 2.88 bits per heavy atom. The standard InChI is InChI=1S/C11H9BrClFN2S/c12-7-3-4-8(9(14)6-7)11-16-15-10(17-11)2-1-5-13/h3-4,6H,1-2,5H2. The maximum Gasteiger partial charge on any atom is 0.150 e. The van der Waals surface area contributed by atoms with Crippen LogP contribution in [0.25, 0.3) is 10.6 Å². The second-order valence-electron chi connectivity index (χ2n) is 3.42. The molecular weight excluding hydrogens is 327 g/mol. The molecule has 1 heterocycles. The first-order valence-corrected chi connectivity index (χ1v) is 7.19. The highest BCUT2D eigenvalue weighted by molar-refractivity contribution is 9.10. The van der Waals surface area contributed by atoms with Crippen molar-refractivity contribution in [2.24, 2.45) is 0 Å². The Balaban J connectivity index is 2.24. The van der Waals surface area contributed by atoms with Crippen molar-refractivity contribution in [1.29, 1.82) is 0 Å². The second-order valence-corrected chi connectivity index (χ2v) is 5.77. The first-order chi connectivity index (χ1) is 8.20. The fourth-order valence-corrected chi connectivity index (χ4v) is 2.72. The Hall–Kier alpha value is -0.520. The van der Waals surface area contributed by atoms with Crippen LogP contribution in [0.1, 0.15) is 11.4 Å². The van der Waals surface area contributed by atoms with Crippen LogP contribution in [0, 0.1) is 5.82 Å². The van der Waals surface area contributed by atoms with E-state index in [4.69, 9.17) is 11.6 Å². The van der Waals surface area contributed by atoms with Crippen LogP contribution in [-0.4, -0.2) is 16.1 Å². The number of nitrogens with zero attached hydrogens (tertiary/aromatic N) is 2. The highest BCUT2D eigenvalue weighted by atomic mass is 79.9. The molecule has 1 aromatic carbocycles. The maximum atomic E-state index is 13.7. The molecule has 0 N–H and O–H groups in total. The Labute approximate surface area is 116 Å². The van der Waals surface area contributed by atoms with Crippen LogP contribution in [0.15, 0.2) is 22.7 Å². The molecule has 0 saturated carbocycles. The molecule has 2 rings (SSSR count). The van der Waals surface area contributed by atoms with Gasteiger partial charge in [0.1, 0.15) is 10.8 Å². The Morgan fingerprint density at radius 2 is 2.18 bits per heavy atom. The minimum absolute atomic E-state index is 0.292. The van der Waals surface area contributed by atoms with E-state index in [0.717, 1.165) is 17.8 Å². The SMILES string of the molecule is Fc1cc(Br)ccc1-c1nnc(CCCCl)s1. The lowest BCUT2D eigenvalue weighted by atomic mass is 10.2. The number of aromatic nitrogens is 2. The third kappa shape index (κ3) is 3.24. The zero-order chi connectivity index (χ0) is 12.3. The third-order valence-electron chi connectivity index (χ3n) is 2.15. The van der Waals surface area contributed by atoms with Gasteiger partial charge in [0, 0.05) is 22.3 Å². The summed E-state index contributed by atoms with van der Waals surface area (Å²) in [4.78, 5) is 0. The normalized spacial score (nSPS) is 10.8. The topological polar surface area (TPSA) is 25.8 Å². The molecule has 0 spiro atoms. The van der Waals surface area contributed by atoms with Gasteiger partial charge in [0.2, 0.25) is 0 Å². The molecule has 0 aliphatic heterocycles. The average Bonchev–Trinajstić information content (AvgIpc) is 2.75. The largest absolute Gasteiger partial charge is 0.206 e. The second kappa shape index (κ2) is 5.89. The molecular formula is C11H9BrClFN2S. The number of alkyl halides is 1. The molecule has 0 aliphatic rings. The van der Waals surface area contributed by atoms with Crippen molar-refractivity contribution in [3.63, 3.8) is 0 Å². The molecule has 17 heavy (non-hydrogen) atoms. The minimum atomic E-state index is -0.292. The molecule has 90 valence electrons. The van der Waals surface area contributed by atoms with Gasteiger partial charge in [-0.1, -0.05) is 27.3 Å². The summed E-state index contributed by atoms with van der Waals surface area (Å²) in [7, 11) is 0. The Morgan fingerprint density at radius 1 is 1.35 bits per heavy atom. The zero-order valence-corrected chi connectivity index (χ0v) is 11.9. The summed E-state index contributed by atoms with van der Waals surface area (Å²) < 4.78 is 14.4. The van der Waals surface area contributed by atoms with Crippen LogP contribution in [0.3, 0.4) is 0 Å². The molecule has 0 fully saturated rings. The van der Waals surface area contributed by atoms with Gasteiger partial charge in [-0.05, 0) is 24.6 Å². The van der Waals surface area contributed by atoms with Gasteiger partial charge in [-0.15, -0.1) is 21.8 Å². The van der Waals surface area contributed by atoms with Crippen molar-refractivity contribution in [3.8, 4) is 10.6 Å². The molecule has 0 saturated heterocycles. The van der Waals surface area contributed by atoms with Crippen LogP contribution in [-0.2, 0) is 6.42 Å². The molecule has 0 aliphatic carbocycles. The smallest absolute Gasteiger partial charge is 0.150 e. The van der Waals surface area contributed by atoms with Gasteiger partial charge in [-0.25, -0.2) is 4.39 Å². The van der Waals surface area contributed by atoms with E-state index in [-0.39, 0.29) is 5.82 Å². The number of aryl methyl sites for hydroxylation is 1. The van der Waals surface area contributed by atoms with E-state index in [1.807, 2.05) is 0 Å². The predicted molar refractivity (Wildman–Crippen MR) is 72.0 cm³/mol. The highest BCUT2D eigenvalue weighted by Crippen LogP contribution is 2.28. The number of hydrogen-bond donors (Lipinski definition) is 0. The maximum absolute atomic E-state index is 13.7. The lowest BCUT2D eigenvalue weighted by Gasteiger charge is -1.98. The van der Waals surface area contributed by atoms with Crippen molar-refractivity contribution < 1.29 is 4.39 Å². The fourth-order valence-electron chi connectivity index (χ4n) is 1.34. The molecule has 0 radical (unpaired) electrons. The summed E-state index contributed by atoms with van der Waals surface area (Å²) in [6.07, 6.45) is 1.65. The first kappa shape index (κ1) is 12.9. The van der Waals surface area contributed by atoms with E-state index in [1.165, 1.54) is 17.4 Å². The minimum Gasteiger partial charge on any atom is -0.206 e. The quantitative estimate of drug-likeness (QED) is 0.779. The Kier molecular flexibility index (Phi) is 4.48. The van der Waals surface area contributed by atoms with Crippen LogP contribution >= 0.6 is 38.9 Å². The number of benzene rings is 1. The summed E-state index contributed by atoms with van der Waals surface area (Å²) in [6.45, 7) is 0. The van der Waals surface area contributed by atoms with Crippen molar-refractivity contribution in [2.45, 2.75) is 12.8 Å². The summed E-state index contributed by atoms with van der Waals surface area (Å²) in [5.41, 5.74) is 0.489. The van der Waals surface area contributed by atoms with Gasteiger partial charge in [0.25, 0.3) is 0 Å². The van der Waals surface area contributed by atoms with Gasteiger partial charge in [0.05, 0.1) is 0 Å². The molecule has 0 amide bonds. The average molecular weight is 336 g/mol. The molecule has 1 aromatic heterocycles. The summed E-state index contributed by atoms with van der Waals surface area (Å²) in [5.74, 6) is 0.307. The van der Waals surface area contributed by atoms with Gasteiger partial charge in [-0.2, -0.15) is 0 Å². The number of rotatable bonds is 4. The summed E-state index contributed by atoms with van der Waals surface area (Å²) >= 11 is 10.2. The predicted octanol–water partition coefficient (Wildman–Crippen LogP) is 4.28. The molecule has 6 heteroatoms. The monoisotopic (exact) mass is 334 g/mol. The van der Waals surface area contributed by atoms with Crippen LogP contribution in [0.4, 0.5) is 4.39 Å². The highest BCUT2D eigenvalue weighted by Gasteiger charge is 2.11. The van der Waals surface area contributed by atoms with Gasteiger partial charge < -0.3 is 0 Å². The van der Waals surface area contributed by atoms with E-state index in [9.17, 15) is 4.39 Å². The molecule has 2 aromatic rings. The van der Waals surface area contributed by atoms with Crippen molar-refractivity contribution >= 4 is 38.9 Å². The van der Waals surface area contributed by atoms with Crippen molar-refractivity contribution in [2.75, 3.05) is 5.88 Å². The molecule has 0 unspecified atom stereocenters. The van der Waals surface area contributed by atoms with Crippen LogP contribution in [0.5, 0.6) is 0 Å². The van der Waals surface area contributed by atoms with Gasteiger partial charge >= 0.3 is 0 Å². The summed E-state index contributed by atoms with van der Waals surface area (Å²) in [6, 6.07) is 4.92. The lowest BCUT2D eigenvalue weighted by molar-refractivity contribution is 0.630. The number of hydrogen-bond acceptors (Lipinski definition) is 3. The van der Waals surface area contributed by atoms with E-state index in [2.05, 4.69) is 26.1 Å². The van der Waals surface area contributed by atoms with Crippen molar-refractivity contribution in [1.82, 2.24) is 10.2 Å². The first-order valence-electron chi connectivity index (χ1n) is 5.04. The van der Waals surface area contributed by atoms with E-state index < -0.39 is 0 Å². The third-order valence-corrected chi connectivity index (χ3v) is 3.93. The molecule has 0 bridgehead atoms. The summed E-state index contributed by atoms with van der Waals surface area (Å²) in [5, 5.41) is 9.53. The fraction of sp³-hybridized carbons (Fsp3) is 0.273. The lowest BCUT2D eigenvalue weighted by Crippen LogP contribution is -1.84.